The molecule has 0 aromatic heterocycles. The van der Waals surface area contributed by atoms with Gasteiger partial charge in [-0.3, -0.25) is 4.79 Å². The Morgan fingerprint density at radius 3 is 2.46 bits per heavy atom. The van der Waals surface area contributed by atoms with Crippen molar-refractivity contribution in [3.63, 3.8) is 0 Å². The zero-order valence-electron chi connectivity index (χ0n) is 12.8. The van der Waals surface area contributed by atoms with Gasteiger partial charge in [-0.15, -0.1) is 0 Å². The molecule has 0 atom stereocenters. The zero-order chi connectivity index (χ0) is 17.2. The Morgan fingerprint density at radius 1 is 0.958 bits per heavy atom. The Hall–Kier alpha value is -2.70. The summed E-state index contributed by atoms with van der Waals surface area (Å²) in [6.07, 6.45) is 0. The number of nitrogens with one attached hydrogen (secondary N) is 1. The van der Waals surface area contributed by atoms with Crippen LogP contribution in [0.15, 0.2) is 71.6 Å². The molecule has 3 N–H and O–H groups in total. The summed E-state index contributed by atoms with van der Waals surface area (Å²) in [5.41, 5.74) is 6.25. The molecule has 3 rings (SSSR count). The molecule has 0 aliphatic rings. The number of hydrogen-bond donors (Lipinski definition) is 2. The summed E-state index contributed by atoms with van der Waals surface area (Å²) in [5, 5.41) is 1.52. The number of nitrogens with two attached hydrogens (primary N) is 1. The first kappa shape index (κ1) is 16.2. The van der Waals surface area contributed by atoms with E-state index in [0.717, 1.165) is 5.39 Å². The molecule has 0 saturated heterocycles. The van der Waals surface area contributed by atoms with Gasteiger partial charge in [0.15, 0.2) is 0 Å². The minimum Gasteiger partial charge on any atom is -0.366 e. The molecule has 0 heterocycles. The normalized spacial score (nSPS) is 11.5. The summed E-state index contributed by atoms with van der Waals surface area (Å²) in [5.74, 6) is -0.547. The fourth-order valence-corrected chi connectivity index (χ4v) is 3.77. The average Bonchev–Trinajstić information content (AvgIpc) is 2.60. The number of benzene rings is 3. The summed E-state index contributed by atoms with van der Waals surface area (Å²) in [7, 11) is -3.68. The van der Waals surface area contributed by atoms with Gasteiger partial charge in [-0.05, 0) is 29.1 Å². The molecule has 0 bridgehead atoms. The second-order valence-electron chi connectivity index (χ2n) is 5.37. The van der Waals surface area contributed by atoms with Crippen molar-refractivity contribution in [1.82, 2.24) is 4.72 Å². The molecule has 0 aliphatic carbocycles. The summed E-state index contributed by atoms with van der Waals surface area (Å²) in [6, 6.07) is 19.0. The van der Waals surface area contributed by atoms with E-state index in [-0.39, 0.29) is 11.4 Å². The molecule has 1 amide bonds. The molecule has 3 aromatic carbocycles. The van der Waals surface area contributed by atoms with Gasteiger partial charge in [0.05, 0.1) is 4.90 Å². The van der Waals surface area contributed by atoms with E-state index in [4.69, 9.17) is 5.73 Å². The maximum atomic E-state index is 12.6. The van der Waals surface area contributed by atoms with Gasteiger partial charge < -0.3 is 5.73 Å². The van der Waals surface area contributed by atoms with E-state index in [1.54, 1.807) is 48.5 Å². The highest BCUT2D eigenvalue weighted by Gasteiger charge is 2.16. The molecule has 122 valence electrons. The van der Waals surface area contributed by atoms with E-state index in [2.05, 4.69) is 4.72 Å². The Bertz CT molecular complexity index is 1010. The van der Waals surface area contributed by atoms with Crippen LogP contribution in [0.3, 0.4) is 0 Å². The van der Waals surface area contributed by atoms with Crippen LogP contribution in [0.5, 0.6) is 0 Å². The maximum absolute atomic E-state index is 12.6. The molecule has 0 spiro atoms. The number of hydrogen-bond acceptors (Lipinski definition) is 3. The van der Waals surface area contributed by atoms with Crippen LogP contribution in [0.1, 0.15) is 15.9 Å². The largest absolute Gasteiger partial charge is 0.366 e. The summed E-state index contributed by atoms with van der Waals surface area (Å²) in [6.45, 7) is 0.0761. The standard InChI is InChI=1S/C18H16N2O3S/c19-18(21)15-8-3-5-13(11-15)12-20-24(22,23)17-10-4-7-14-6-1-2-9-16(14)17/h1-11,20H,12H2,(H2,19,21). The predicted octanol–water partition coefficient (Wildman–Crippen LogP) is 2.42. The Morgan fingerprint density at radius 2 is 1.67 bits per heavy atom. The van der Waals surface area contributed by atoms with Crippen LogP contribution in [-0.2, 0) is 16.6 Å². The van der Waals surface area contributed by atoms with Gasteiger partial charge in [0, 0.05) is 17.5 Å². The predicted molar refractivity (Wildman–Crippen MR) is 92.9 cm³/mol. The van der Waals surface area contributed by atoms with Gasteiger partial charge in [-0.25, -0.2) is 13.1 Å². The van der Waals surface area contributed by atoms with E-state index < -0.39 is 15.9 Å². The maximum Gasteiger partial charge on any atom is 0.248 e. The number of amides is 1. The number of carbonyl (C=O) groups excluding carboxylic acids is 1. The van der Waals surface area contributed by atoms with E-state index in [1.165, 1.54) is 0 Å². The third-order valence-corrected chi connectivity index (χ3v) is 5.18. The first-order chi connectivity index (χ1) is 11.5. The summed E-state index contributed by atoms with van der Waals surface area (Å²) >= 11 is 0. The molecule has 5 nitrogen and oxygen atoms in total. The van der Waals surface area contributed by atoms with Crippen molar-refractivity contribution in [2.24, 2.45) is 5.73 Å². The monoisotopic (exact) mass is 340 g/mol. The van der Waals surface area contributed by atoms with Gasteiger partial charge in [-0.2, -0.15) is 0 Å². The highest BCUT2D eigenvalue weighted by molar-refractivity contribution is 7.89. The van der Waals surface area contributed by atoms with Crippen LogP contribution >= 0.6 is 0 Å². The molecule has 0 aliphatic heterocycles. The van der Waals surface area contributed by atoms with Gasteiger partial charge in [0.2, 0.25) is 15.9 Å². The third kappa shape index (κ3) is 3.29. The van der Waals surface area contributed by atoms with Crippen molar-refractivity contribution < 1.29 is 13.2 Å². The van der Waals surface area contributed by atoms with E-state index in [0.29, 0.717) is 16.5 Å². The average molecular weight is 340 g/mol. The Balaban J connectivity index is 1.89. The first-order valence-electron chi connectivity index (χ1n) is 7.33. The summed E-state index contributed by atoms with van der Waals surface area (Å²) < 4.78 is 27.8. The van der Waals surface area contributed by atoms with Crippen LogP contribution in [0.25, 0.3) is 10.8 Å². The molecule has 0 unspecified atom stereocenters. The SMILES string of the molecule is NC(=O)c1cccc(CNS(=O)(=O)c2cccc3ccccc23)c1. The van der Waals surface area contributed by atoms with Crippen LogP contribution in [-0.4, -0.2) is 14.3 Å². The molecule has 6 heteroatoms. The van der Waals surface area contributed by atoms with Crippen molar-refractivity contribution in [3.05, 3.63) is 77.9 Å². The number of fused-ring (bicyclic) bond motifs is 1. The molecule has 0 saturated carbocycles. The van der Waals surface area contributed by atoms with Crippen LogP contribution in [0, 0.1) is 0 Å². The van der Waals surface area contributed by atoms with Crippen LogP contribution < -0.4 is 10.5 Å². The summed E-state index contributed by atoms with van der Waals surface area (Å²) in [4.78, 5) is 11.4. The second kappa shape index (κ2) is 6.43. The van der Waals surface area contributed by atoms with Gasteiger partial charge in [0.25, 0.3) is 0 Å². The smallest absolute Gasteiger partial charge is 0.248 e. The molecule has 3 aromatic rings. The minimum atomic E-state index is -3.68. The van der Waals surface area contributed by atoms with Crippen molar-refractivity contribution in [1.29, 1.82) is 0 Å². The fraction of sp³-hybridized carbons (Fsp3) is 0.0556. The Labute approximate surface area is 140 Å². The molecular weight excluding hydrogens is 324 g/mol. The minimum absolute atomic E-state index is 0.0761. The van der Waals surface area contributed by atoms with Gasteiger partial charge in [-0.1, -0.05) is 48.5 Å². The third-order valence-electron chi connectivity index (χ3n) is 3.72. The van der Waals surface area contributed by atoms with Crippen LogP contribution in [0.2, 0.25) is 0 Å². The number of carbonyl (C=O) groups is 1. The number of sulfonamides is 1. The molecular formula is C18H16N2O3S. The zero-order valence-corrected chi connectivity index (χ0v) is 13.6. The van der Waals surface area contributed by atoms with E-state index >= 15 is 0 Å². The van der Waals surface area contributed by atoms with Crippen LogP contribution in [0.4, 0.5) is 0 Å². The lowest BCUT2D eigenvalue weighted by molar-refractivity contribution is 0.1000. The topological polar surface area (TPSA) is 89.3 Å². The highest BCUT2D eigenvalue weighted by Crippen LogP contribution is 2.22. The van der Waals surface area contributed by atoms with Crippen molar-refractivity contribution in [2.75, 3.05) is 0 Å². The van der Waals surface area contributed by atoms with Crippen molar-refractivity contribution >= 4 is 26.7 Å². The quantitative estimate of drug-likeness (QED) is 0.747. The van der Waals surface area contributed by atoms with E-state index in [9.17, 15) is 13.2 Å². The fourth-order valence-electron chi connectivity index (χ4n) is 2.52. The molecule has 0 radical (unpaired) electrons. The second-order valence-corrected chi connectivity index (χ2v) is 7.10. The molecule has 0 fully saturated rings. The number of primary amides is 1. The first-order valence-corrected chi connectivity index (χ1v) is 8.82. The lowest BCUT2D eigenvalue weighted by Gasteiger charge is -2.10. The van der Waals surface area contributed by atoms with Crippen molar-refractivity contribution in [3.8, 4) is 0 Å². The number of rotatable bonds is 5. The van der Waals surface area contributed by atoms with E-state index in [1.807, 2.05) is 18.2 Å². The van der Waals surface area contributed by atoms with Crippen molar-refractivity contribution in [2.45, 2.75) is 11.4 Å². The lowest BCUT2D eigenvalue weighted by Crippen LogP contribution is -2.23. The Kier molecular flexibility index (Phi) is 4.33. The molecule has 24 heavy (non-hydrogen) atoms. The lowest BCUT2D eigenvalue weighted by atomic mass is 10.1. The van der Waals surface area contributed by atoms with Gasteiger partial charge >= 0.3 is 0 Å². The van der Waals surface area contributed by atoms with Gasteiger partial charge in [0.1, 0.15) is 0 Å². The highest BCUT2D eigenvalue weighted by atomic mass is 32.2.